The number of rotatable bonds is 7. The maximum atomic E-state index is 5.79. The van der Waals surface area contributed by atoms with Crippen LogP contribution in [0.5, 0.6) is 11.5 Å². The summed E-state index contributed by atoms with van der Waals surface area (Å²) < 4.78 is 21.9. The number of aromatic nitrogens is 7. The van der Waals surface area contributed by atoms with Crippen LogP contribution in [0.1, 0.15) is 0 Å². The Hall–Kier alpha value is -5.32. The monoisotopic (exact) mass is 493 g/mol. The second kappa shape index (κ2) is 9.38. The Kier molecular flexibility index (Phi) is 5.62. The van der Waals surface area contributed by atoms with Crippen molar-refractivity contribution in [2.24, 2.45) is 0 Å². The first kappa shape index (κ1) is 22.2. The van der Waals surface area contributed by atoms with E-state index in [1.165, 1.54) is 0 Å². The molecular weight excluding hydrogens is 474 g/mol. The zero-order valence-corrected chi connectivity index (χ0v) is 19.7. The number of hydrogen-bond donors (Lipinski definition) is 1. The second-order valence-corrected chi connectivity index (χ2v) is 7.90. The Bertz CT molecular complexity index is 1630. The van der Waals surface area contributed by atoms with Crippen LogP contribution >= 0.6 is 0 Å². The molecule has 0 aliphatic carbocycles. The molecule has 0 spiro atoms. The van der Waals surface area contributed by atoms with Gasteiger partial charge in [0.15, 0.2) is 0 Å². The Morgan fingerprint density at radius 2 is 1.43 bits per heavy atom. The van der Waals surface area contributed by atoms with Gasteiger partial charge in [0, 0.05) is 40.7 Å². The predicted molar refractivity (Wildman–Crippen MR) is 132 cm³/mol. The molecule has 11 heteroatoms. The molecule has 0 aliphatic rings. The van der Waals surface area contributed by atoms with Crippen LogP contribution in [0.2, 0.25) is 0 Å². The zero-order valence-electron chi connectivity index (χ0n) is 19.7. The fraction of sp³-hybridized carbons (Fsp3) is 0.0769. The Labute approximate surface area is 210 Å². The van der Waals surface area contributed by atoms with E-state index in [1.54, 1.807) is 63.1 Å². The molecule has 11 nitrogen and oxygen atoms in total. The zero-order chi connectivity index (χ0) is 25.2. The predicted octanol–water partition coefficient (Wildman–Crippen LogP) is 4.92. The lowest BCUT2D eigenvalue weighted by Crippen LogP contribution is -1.89. The number of hydrogen-bond acceptors (Lipinski definition) is 10. The average molecular weight is 493 g/mol. The first-order chi connectivity index (χ1) is 18.2. The molecule has 0 atom stereocenters. The Balaban J connectivity index is 1.21. The van der Waals surface area contributed by atoms with E-state index < -0.39 is 0 Å². The van der Waals surface area contributed by atoms with Crippen LogP contribution in [-0.4, -0.2) is 49.5 Å². The average Bonchev–Trinajstić information content (AvgIpc) is 3.74. The molecule has 0 radical (unpaired) electrons. The number of benzene rings is 2. The lowest BCUT2D eigenvalue weighted by molar-refractivity contribution is 0.393. The third-order valence-corrected chi connectivity index (χ3v) is 5.60. The molecule has 6 aromatic rings. The number of nitrogens with zero attached hydrogens (tertiary/aromatic N) is 6. The third-order valence-electron chi connectivity index (χ3n) is 5.60. The standard InChI is InChI=1S/C26H19N7O4/c1-34-19-11-18(12-20(13-19)35-2)24-30-23(33-37-24)16-5-3-15(4-6-16)22-28-14-21(29-22)26-32-31-25(36-26)17-7-9-27-10-8-17/h3-14H,1-2H3,(H,28,29). The summed E-state index contributed by atoms with van der Waals surface area (Å²) in [5.74, 6) is 3.48. The summed E-state index contributed by atoms with van der Waals surface area (Å²) in [7, 11) is 3.17. The van der Waals surface area contributed by atoms with E-state index >= 15 is 0 Å². The van der Waals surface area contributed by atoms with Gasteiger partial charge < -0.3 is 23.4 Å². The summed E-state index contributed by atoms with van der Waals surface area (Å²) in [5.41, 5.74) is 3.76. The van der Waals surface area contributed by atoms with Crippen LogP contribution in [-0.2, 0) is 0 Å². The summed E-state index contributed by atoms with van der Waals surface area (Å²) in [5, 5.41) is 12.4. The van der Waals surface area contributed by atoms with Gasteiger partial charge in [-0.15, -0.1) is 10.2 Å². The molecular formula is C26H19N7O4. The molecule has 0 amide bonds. The molecule has 6 rings (SSSR count). The van der Waals surface area contributed by atoms with Gasteiger partial charge >= 0.3 is 0 Å². The molecule has 0 aliphatic heterocycles. The van der Waals surface area contributed by atoms with Crippen LogP contribution < -0.4 is 9.47 Å². The molecule has 0 fully saturated rings. The first-order valence-corrected chi connectivity index (χ1v) is 11.2. The van der Waals surface area contributed by atoms with Crippen LogP contribution in [0.25, 0.3) is 57.3 Å². The quantitative estimate of drug-likeness (QED) is 0.326. The van der Waals surface area contributed by atoms with Gasteiger partial charge in [-0.2, -0.15) is 4.98 Å². The molecule has 1 N–H and O–H groups in total. The Morgan fingerprint density at radius 3 is 2.16 bits per heavy atom. The molecule has 0 saturated carbocycles. The van der Waals surface area contributed by atoms with E-state index in [4.69, 9.17) is 18.4 Å². The topological polar surface area (TPSA) is 138 Å². The van der Waals surface area contributed by atoms with Crippen LogP contribution in [0, 0.1) is 0 Å². The van der Waals surface area contributed by atoms with Crippen molar-refractivity contribution in [3.63, 3.8) is 0 Å². The molecule has 182 valence electrons. The van der Waals surface area contributed by atoms with Crippen molar-refractivity contribution in [1.82, 2.24) is 35.3 Å². The van der Waals surface area contributed by atoms with Gasteiger partial charge in [0.25, 0.3) is 11.8 Å². The lowest BCUT2D eigenvalue weighted by atomic mass is 10.1. The number of H-pyrrole nitrogens is 1. The van der Waals surface area contributed by atoms with Crippen molar-refractivity contribution in [1.29, 1.82) is 0 Å². The summed E-state index contributed by atoms with van der Waals surface area (Å²) in [4.78, 5) is 16.2. The highest BCUT2D eigenvalue weighted by atomic mass is 16.5. The van der Waals surface area contributed by atoms with Crippen molar-refractivity contribution in [2.75, 3.05) is 14.2 Å². The highest BCUT2D eigenvalue weighted by Gasteiger charge is 2.16. The summed E-state index contributed by atoms with van der Waals surface area (Å²) >= 11 is 0. The lowest BCUT2D eigenvalue weighted by Gasteiger charge is -2.05. The number of imidazole rings is 1. The number of aromatic amines is 1. The molecule has 4 heterocycles. The maximum absolute atomic E-state index is 5.79. The summed E-state index contributed by atoms with van der Waals surface area (Å²) in [6, 6.07) is 16.6. The van der Waals surface area contributed by atoms with Crippen molar-refractivity contribution in [2.45, 2.75) is 0 Å². The van der Waals surface area contributed by atoms with Crippen molar-refractivity contribution in [3.8, 4) is 68.8 Å². The molecule has 37 heavy (non-hydrogen) atoms. The summed E-state index contributed by atoms with van der Waals surface area (Å²) in [6.07, 6.45) is 4.99. The van der Waals surface area contributed by atoms with Crippen LogP contribution in [0.3, 0.4) is 0 Å². The first-order valence-electron chi connectivity index (χ1n) is 11.2. The van der Waals surface area contributed by atoms with Gasteiger partial charge in [-0.3, -0.25) is 4.98 Å². The minimum Gasteiger partial charge on any atom is -0.497 e. The van der Waals surface area contributed by atoms with Gasteiger partial charge in [-0.05, 0) is 24.3 Å². The Morgan fingerprint density at radius 1 is 0.730 bits per heavy atom. The van der Waals surface area contributed by atoms with E-state index in [0.29, 0.717) is 52.1 Å². The smallest absolute Gasteiger partial charge is 0.266 e. The van der Waals surface area contributed by atoms with Gasteiger partial charge in [0.1, 0.15) is 23.0 Å². The minimum atomic E-state index is 0.343. The van der Waals surface area contributed by atoms with E-state index in [-0.39, 0.29) is 0 Å². The molecule has 0 bridgehead atoms. The fourth-order valence-corrected chi connectivity index (χ4v) is 3.69. The molecule has 4 aromatic heterocycles. The summed E-state index contributed by atoms with van der Waals surface area (Å²) in [6.45, 7) is 0. The van der Waals surface area contributed by atoms with E-state index in [9.17, 15) is 0 Å². The maximum Gasteiger partial charge on any atom is 0.266 e. The minimum absolute atomic E-state index is 0.343. The van der Waals surface area contributed by atoms with Gasteiger partial charge in [0.2, 0.25) is 11.7 Å². The van der Waals surface area contributed by atoms with Crippen molar-refractivity contribution < 1.29 is 18.4 Å². The van der Waals surface area contributed by atoms with Crippen LogP contribution in [0.15, 0.2) is 82.1 Å². The van der Waals surface area contributed by atoms with Gasteiger partial charge in [-0.1, -0.05) is 29.4 Å². The molecule has 0 saturated heterocycles. The van der Waals surface area contributed by atoms with E-state index in [0.717, 1.165) is 16.7 Å². The fourth-order valence-electron chi connectivity index (χ4n) is 3.69. The van der Waals surface area contributed by atoms with Crippen molar-refractivity contribution >= 4 is 0 Å². The number of ether oxygens (including phenoxy) is 2. The van der Waals surface area contributed by atoms with Gasteiger partial charge in [-0.25, -0.2) is 4.98 Å². The molecule has 2 aromatic carbocycles. The SMILES string of the molecule is COc1cc(OC)cc(-c2nc(-c3ccc(-c4ncc(-c5nnc(-c6ccncc6)o5)[nH]4)cc3)no2)c1. The second-order valence-electron chi connectivity index (χ2n) is 7.90. The van der Waals surface area contributed by atoms with Crippen LogP contribution in [0.4, 0.5) is 0 Å². The number of nitrogens with one attached hydrogen (secondary N) is 1. The number of methoxy groups -OCH3 is 2. The van der Waals surface area contributed by atoms with Crippen molar-refractivity contribution in [3.05, 3.63) is 73.2 Å². The number of pyridine rings is 1. The largest absolute Gasteiger partial charge is 0.497 e. The highest BCUT2D eigenvalue weighted by molar-refractivity contribution is 5.67. The molecule has 0 unspecified atom stereocenters. The normalized spacial score (nSPS) is 11.0. The van der Waals surface area contributed by atoms with E-state index in [2.05, 4.69) is 35.3 Å². The van der Waals surface area contributed by atoms with E-state index in [1.807, 2.05) is 24.3 Å². The third kappa shape index (κ3) is 4.41. The highest BCUT2D eigenvalue weighted by Crippen LogP contribution is 2.31. The van der Waals surface area contributed by atoms with Gasteiger partial charge in [0.05, 0.1) is 20.4 Å².